The Kier molecular flexibility index (Phi) is 5.90. The third-order valence-corrected chi connectivity index (χ3v) is 5.29. The van der Waals surface area contributed by atoms with Gasteiger partial charge in [-0.05, 0) is 17.7 Å². The molecule has 158 valence electrons. The lowest BCUT2D eigenvalue weighted by Crippen LogP contribution is -2.49. The monoisotopic (exact) mass is 419 g/mol. The van der Waals surface area contributed by atoms with E-state index in [2.05, 4.69) is 17.1 Å². The molecule has 0 bridgehead atoms. The number of fused-ring (bicyclic) bond motifs is 1. The largest absolute Gasteiger partial charge is 0.422 e. The van der Waals surface area contributed by atoms with Crippen LogP contribution in [0.15, 0.2) is 69.9 Å². The average Bonchev–Trinajstić information content (AvgIpc) is 2.79. The summed E-state index contributed by atoms with van der Waals surface area (Å²) >= 11 is 0. The highest BCUT2D eigenvalue weighted by molar-refractivity contribution is 5.97. The molecule has 1 saturated heterocycles. The predicted octanol–water partition coefficient (Wildman–Crippen LogP) is 3.17. The summed E-state index contributed by atoms with van der Waals surface area (Å²) < 4.78 is 5.21. The molecule has 2 aromatic carbocycles. The molecule has 1 amide bonds. The van der Waals surface area contributed by atoms with Crippen molar-refractivity contribution in [2.75, 3.05) is 32.7 Å². The molecule has 8 nitrogen and oxygen atoms in total. The van der Waals surface area contributed by atoms with Crippen molar-refractivity contribution in [2.45, 2.75) is 0 Å². The van der Waals surface area contributed by atoms with E-state index in [1.54, 1.807) is 4.90 Å². The van der Waals surface area contributed by atoms with E-state index in [0.29, 0.717) is 31.6 Å². The van der Waals surface area contributed by atoms with E-state index in [1.165, 1.54) is 24.3 Å². The Hall–Kier alpha value is -3.78. The zero-order chi connectivity index (χ0) is 21.8. The highest BCUT2D eigenvalue weighted by Crippen LogP contribution is 2.21. The smallest absolute Gasteiger partial charge is 0.349 e. The highest BCUT2D eigenvalue weighted by Gasteiger charge is 2.25. The molecule has 0 N–H and O–H groups in total. The molecular formula is C23H21N3O5. The molecule has 8 heteroatoms. The Morgan fingerprint density at radius 1 is 1.06 bits per heavy atom. The van der Waals surface area contributed by atoms with Crippen molar-refractivity contribution in [2.24, 2.45) is 0 Å². The van der Waals surface area contributed by atoms with E-state index in [1.807, 2.05) is 30.3 Å². The molecule has 2 heterocycles. The Morgan fingerprint density at radius 2 is 1.81 bits per heavy atom. The second kappa shape index (κ2) is 8.93. The topological polar surface area (TPSA) is 96.9 Å². The lowest BCUT2D eigenvalue weighted by Gasteiger charge is -2.34. The number of piperazine rings is 1. The van der Waals surface area contributed by atoms with Crippen LogP contribution in [0.3, 0.4) is 0 Å². The molecule has 0 radical (unpaired) electrons. The van der Waals surface area contributed by atoms with Crippen molar-refractivity contribution < 1.29 is 14.1 Å². The SMILES string of the molecule is O=C(c1cc2cc([N+](=O)[O-])ccc2oc1=O)N1CCN(CC=Cc2ccccc2)CC1. The van der Waals surface area contributed by atoms with Gasteiger partial charge in [-0.15, -0.1) is 0 Å². The summed E-state index contributed by atoms with van der Waals surface area (Å²) in [6.07, 6.45) is 4.16. The lowest BCUT2D eigenvalue weighted by molar-refractivity contribution is -0.384. The van der Waals surface area contributed by atoms with E-state index in [0.717, 1.165) is 12.1 Å². The summed E-state index contributed by atoms with van der Waals surface area (Å²) in [5, 5.41) is 11.3. The van der Waals surface area contributed by atoms with Crippen molar-refractivity contribution in [1.29, 1.82) is 0 Å². The first-order valence-electron chi connectivity index (χ1n) is 9.97. The zero-order valence-corrected chi connectivity index (χ0v) is 16.8. The minimum absolute atomic E-state index is 0.106. The van der Waals surface area contributed by atoms with Gasteiger partial charge in [-0.25, -0.2) is 4.79 Å². The van der Waals surface area contributed by atoms with Crippen LogP contribution >= 0.6 is 0 Å². The van der Waals surface area contributed by atoms with Crippen LogP contribution in [0.4, 0.5) is 5.69 Å². The summed E-state index contributed by atoms with van der Waals surface area (Å²) in [6, 6.07) is 15.3. The number of nitro benzene ring substituents is 1. The third-order valence-electron chi connectivity index (χ3n) is 5.29. The first kappa shape index (κ1) is 20.5. The molecule has 1 aliphatic rings. The van der Waals surface area contributed by atoms with Crippen molar-refractivity contribution in [3.63, 3.8) is 0 Å². The van der Waals surface area contributed by atoms with Gasteiger partial charge in [-0.3, -0.25) is 19.8 Å². The Labute approximate surface area is 178 Å². The van der Waals surface area contributed by atoms with Crippen LogP contribution in [0.5, 0.6) is 0 Å². The van der Waals surface area contributed by atoms with Gasteiger partial charge >= 0.3 is 5.63 Å². The molecule has 1 aliphatic heterocycles. The van der Waals surface area contributed by atoms with Crippen molar-refractivity contribution in [1.82, 2.24) is 9.80 Å². The molecular weight excluding hydrogens is 398 g/mol. The number of nitrogens with zero attached hydrogens (tertiary/aromatic N) is 3. The fraction of sp³-hybridized carbons (Fsp3) is 0.217. The number of amides is 1. The van der Waals surface area contributed by atoms with Crippen molar-refractivity contribution in [3.05, 3.63) is 92.3 Å². The van der Waals surface area contributed by atoms with Gasteiger partial charge in [0.2, 0.25) is 0 Å². The Bertz CT molecular complexity index is 1190. The van der Waals surface area contributed by atoms with Crippen LogP contribution < -0.4 is 5.63 Å². The maximum Gasteiger partial charge on any atom is 0.349 e. The number of hydrogen-bond acceptors (Lipinski definition) is 6. The second-order valence-electron chi connectivity index (χ2n) is 7.33. The summed E-state index contributed by atoms with van der Waals surface area (Å²) in [4.78, 5) is 39.5. The number of non-ortho nitro benzene ring substituents is 1. The first-order chi connectivity index (χ1) is 15.0. The van der Waals surface area contributed by atoms with Gasteiger partial charge < -0.3 is 9.32 Å². The van der Waals surface area contributed by atoms with Gasteiger partial charge in [0.15, 0.2) is 0 Å². The van der Waals surface area contributed by atoms with Crippen LogP contribution in [-0.2, 0) is 0 Å². The van der Waals surface area contributed by atoms with Crippen molar-refractivity contribution >= 4 is 28.6 Å². The normalized spacial score (nSPS) is 14.9. The number of carbonyl (C=O) groups excluding carboxylic acids is 1. The van der Waals surface area contributed by atoms with Crippen LogP contribution in [-0.4, -0.2) is 53.4 Å². The van der Waals surface area contributed by atoms with Crippen LogP contribution in [0, 0.1) is 10.1 Å². The summed E-state index contributed by atoms with van der Waals surface area (Å²) in [7, 11) is 0. The van der Waals surface area contributed by atoms with E-state index < -0.39 is 16.5 Å². The Morgan fingerprint density at radius 3 is 2.52 bits per heavy atom. The number of benzene rings is 2. The second-order valence-corrected chi connectivity index (χ2v) is 7.33. The van der Waals surface area contributed by atoms with Crippen LogP contribution in [0.2, 0.25) is 0 Å². The number of rotatable bonds is 5. The fourth-order valence-corrected chi connectivity index (χ4v) is 3.58. The van der Waals surface area contributed by atoms with E-state index >= 15 is 0 Å². The molecule has 4 rings (SSSR count). The summed E-state index contributed by atoms with van der Waals surface area (Å²) in [5.41, 5.74) is 0.378. The summed E-state index contributed by atoms with van der Waals surface area (Å²) in [6.45, 7) is 3.14. The van der Waals surface area contributed by atoms with E-state index in [9.17, 15) is 19.7 Å². The number of hydrogen-bond donors (Lipinski definition) is 0. The van der Waals surface area contributed by atoms with E-state index in [-0.39, 0.29) is 16.8 Å². The molecule has 0 aliphatic carbocycles. The first-order valence-corrected chi connectivity index (χ1v) is 9.97. The maximum atomic E-state index is 12.9. The van der Waals surface area contributed by atoms with Gasteiger partial charge in [0.1, 0.15) is 11.1 Å². The predicted molar refractivity (Wildman–Crippen MR) is 117 cm³/mol. The summed E-state index contributed by atoms with van der Waals surface area (Å²) in [5.74, 6) is -0.415. The zero-order valence-electron chi connectivity index (χ0n) is 16.8. The van der Waals surface area contributed by atoms with E-state index in [4.69, 9.17) is 4.42 Å². The van der Waals surface area contributed by atoms with Gasteiger partial charge in [0.05, 0.1) is 4.92 Å². The molecule has 3 aromatic rings. The van der Waals surface area contributed by atoms with Crippen molar-refractivity contribution in [3.8, 4) is 0 Å². The molecule has 0 spiro atoms. The third kappa shape index (κ3) is 4.70. The number of carbonyl (C=O) groups is 1. The molecule has 0 saturated carbocycles. The van der Waals surface area contributed by atoms with Crippen LogP contribution in [0.1, 0.15) is 15.9 Å². The lowest BCUT2D eigenvalue weighted by atomic mass is 10.1. The highest BCUT2D eigenvalue weighted by atomic mass is 16.6. The van der Waals surface area contributed by atoms with Gasteiger partial charge in [0.25, 0.3) is 11.6 Å². The minimum Gasteiger partial charge on any atom is -0.422 e. The fourth-order valence-electron chi connectivity index (χ4n) is 3.58. The molecule has 0 atom stereocenters. The maximum absolute atomic E-state index is 12.9. The molecule has 0 unspecified atom stereocenters. The van der Waals surface area contributed by atoms with Crippen LogP contribution in [0.25, 0.3) is 17.0 Å². The van der Waals surface area contributed by atoms with Gasteiger partial charge in [0, 0.05) is 50.2 Å². The number of nitro groups is 1. The van der Waals surface area contributed by atoms with Gasteiger partial charge in [-0.2, -0.15) is 0 Å². The average molecular weight is 419 g/mol. The quantitative estimate of drug-likeness (QED) is 0.358. The molecule has 1 aromatic heterocycles. The molecule has 1 fully saturated rings. The molecule has 31 heavy (non-hydrogen) atoms. The standard InChI is InChI=1S/C23H21N3O5/c27-22(20-16-18-15-19(26(29)30)8-9-21(18)31-23(20)28)25-13-11-24(12-14-25)10-4-7-17-5-2-1-3-6-17/h1-9,15-16H,10-14H2. The Balaban J connectivity index is 1.41. The minimum atomic E-state index is -0.737. The van der Waals surface area contributed by atoms with Gasteiger partial charge in [-0.1, -0.05) is 42.5 Å².